The molecule has 3 aromatic carbocycles. The van der Waals surface area contributed by atoms with E-state index < -0.39 is 0 Å². The maximum Gasteiger partial charge on any atom is 0.168 e. The number of methoxy groups -OCH3 is 1. The van der Waals surface area contributed by atoms with Crippen LogP contribution in [0.2, 0.25) is 0 Å². The summed E-state index contributed by atoms with van der Waals surface area (Å²) >= 11 is 1.62. The van der Waals surface area contributed by atoms with E-state index in [4.69, 9.17) is 14.5 Å². The highest BCUT2D eigenvalue weighted by molar-refractivity contribution is 8.14. The minimum Gasteiger partial charge on any atom is -0.493 e. The van der Waals surface area contributed by atoms with Gasteiger partial charge in [0.15, 0.2) is 11.5 Å². The highest BCUT2D eigenvalue weighted by atomic mass is 32.2. The Balaban J connectivity index is 1.92. The Labute approximate surface area is 177 Å². The molecule has 3 aromatic rings. The number of para-hydroxylation sites is 2. The van der Waals surface area contributed by atoms with Crippen molar-refractivity contribution in [2.45, 2.75) is 25.7 Å². The summed E-state index contributed by atoms with van der Waals surface area (Å²) < 4.78 is 11.3. The largest absolute Gasteiger partial charge is 0.493 e. The van der Waals surface area contributed by atoms with Gasteiger partial charge in [-0.05, 0) is 68.3 Å². The third kappa shape index (κ3) is 5.75. The molecule has 0 heterocycles. The molecule has 0 spiro atoms. The van der Waals surface area contributed by atoms with Crippen molar-refractivity contribution in [1.29, 1.82) is 0 Å². The number of thioether (sulfide) groups is 1. The van der Waals surface area contributed by atoms with Gasteiger partial charge in [-0.25, -0.2) is 4.99 Å². The molecule has 4 heteroatoms. The second-order valence-electron chi connectivity index (χ2n) is 6.67. The number of rotatable bonds is 6. The molecule has 3 rings (SSSR count). The first-order valence-corrected chi connectivity index (χ1v) is 10.2. The number of hydrogen-bond donors (Lipinski definition) is 0. The van der Waals surface area contributed by atoms with Crippen LogP contribution in [-0.2, 0) is 0 Å². The lowest BCUT2D eigenvalue weighted by Crippen LogP contribution is -1.98. The summed E-state index contributed by atoms with van der Waals surface area (Å²) in [4.78, 5) is 6.04. The van der Waals surface area contributed by atoms with E-state index in [1.54, 1.807) is 25.1 Å². The average Bonchev–Trinajstić information content (AvgIpc) is 2.75. The number of ether oxygens (including phenoxy) is 2. The van der Waals surface area contributed by atoms with Crippen LogP contribution < -0.4 is 9.47 Å². The molecule has 0 radical (unpaired) electrons. The minimum absolute atomic E-state index is 0.671. The van der Waals surface area contributed by atoms with E-state index >= 15 is 0 Å². The number of aryl methyl sites for hydroxylation is 2. The molecule has 0 aromatic heterocycles. The summed E-state index contributed by atoms with van der Waals surface area (Å²) in [5, 5.41) is 0.884. The van der Waals surface area contributed by atoms with Crippen LogP contribution in [0.3, 0.4) is 0 Å². The number of benzene rings is 3. The fourth-order valence-electron chi connectivity index (χ4n) is 2.62. The van der Waals surface area contributed by atoms with Gasteiger partial charge in [0.1, 0.15) is 5.04 Å². The Morgan fingerprint density at radius 2 is 1.55 bits per heavy atom. The predicted octanol–water partition coefficient (Wildman–Crippen LogP) is 7.12. The SMILES string of the molecule is COc1ccccc1O/C=C(C)/C(=N\c1ccc(C)c(C)c1)Sc1ccccc1. The lowest BCUT2D eigenvalue weighted by Gasteiger charge is -2.10. The van der Waals surface area contributed by atoms with Crippen LogP contribution in [0.25, 0.3) is 0 Å². The topological polar surface area (TPSA) is 30.8 Å². The molecule has 0 bridgehead atoms. The average molecular weight is 404 g/mol. The summed E-state index contributed by atoms with van der Waals surface area (Å²) in [5.74, 6) is 1.37. The number of hydrogen-bond acceptors (Lipinski definition) is 4. The Morgan fingerprint density at radius 3 is 2.24 bits per heavy atom. The summed E-state index contributed by atoms with van der Waals surface area (Å²) in [5.41, 5.74) is 4.34. The minimum atomic E-state index is 0.671. The van der Waals surface area contributed by atoms with Crippen molar-refractivity contribution in [2.75, 3.05) is 7.11 Å². The Hall–Kier alpha value is -2.98. The van der Waals surface area contributed by atoms with Crippen molar-refractivity contribution in [3.05, 3.63) is 95.8 Å². The molecular formula is C25H25NO2S. The van der Waals surface area contributed by atoms with Crippen molar-refractivity contribution >= 4 is 22.5 Å². The fraction of sp³-hybridized carbons (Fsp3) is 0.160. The van der Waals surface area contributed by atoms with Gasteiger partial charge in [0.25, 0.3) is 0 Å². The van der Waals surface area contributed by atoms with E-state index in [1.807, 2.05) is 55.5 Å². The van der Waals surface area contributed by atoms with Gasteiger partial charge in [-0.15, -0.1) is 0 Å². The van der Waals surface area contributed by atoms with Crippen molar-refractivity contribution in [2.24, 2.45) is 4.99 Å². The third-order valence-electron chi connectivity index (χ3n) is 4.45. The van der Waals surface area contributed by atoms with Crippen molar-refractivity contribution in [3.63, 3.8) is 0 Å². The van der Waals surface area contributed by atoms with Gasteiger partial charge in [-0.3, -0.25) is 0 Å². The van der Waals surface area contributed by atoms with E-state index in [0.29, 0.717) is 11.5 Å². The quantitative estimate of drug-likeness (QED) is 0.190. The van der Waals surface area contributed by atoms with E-state index in [9.17, 15) is 0 Å². The van der Waals surface area contributed by atoms with Crippen molar-refractivity contribution in [1.82, 2.24) is 0 Å². The van der Waals surface area contributed by atoms with Gasteiger partial charge < -0.3 is 9.47 Å². The van der Waals surface area contributed by atoms with Crippen LogP contribution in [-0.4, -0.2) is 12.2 Å². The maximum atomic E-state index is 5.91. The summed E-state index contributed by atoms with van der Waals surface area (Å²) in [7, 11) is 1.64. The zero-order chi connectivity index (χ0) is 20.6. The molecule has 0 aliphatic rings. The number of nitrogens with zero attached hydrogens (tertiary/aromatic N) is 1. The molecule has 3 nitrogen and oxygen atoms in total. The van der Waals surface area contributed by atoms with E-state index in [2.05, 4.69) is 38.1 Å². The van der Waals surface area contributed by atoms with Crippen LogP contribution in [0, 0.1) is 13.8 Å². The molecule has 148 valence electrons. The van der Waals surface area contributed by atoms with Gasteiger partial charge in [0, 0.05) is 10.5 Å². The molecule has 0 aliphatic carbocycles. The zero-order valence-corrected chi connectivity index (χ0v) is 18.0. The predicted molar refractivity (Wildman–Crippen MR) is 123 cm³/mol. The molecule has 0 unspecified atom stereocenters. The van der Waals surface area contributed by atoms with Gasteiger partial charge in [0.05, 0.1) is 19.1 Å². The van der Waals surface area contributed by atoms with Crippen LogP contribution in [0.5, 0.6) is 11.5 Å². The molecule has 0 saturated heterocycles. The normalized spacial score (nSPS) is 12.0. The fourth-order valence-corrected chi connectivity index (χ4v) is 3.50. The molecule has 29 heavy (non-hydrogen) atoms. The Kier molecular flexibility index (Phi) is 7.14. The molecular weight excluding hydrogens is 378 g/mol. The van der Waals surface area contributed by atoms with Crippen molar-refractivity contribution < 1.29 is 9.47 Å². The van der Waals surface area contributed by atoms with Crippen LogP contribution in [0.15, 0.2) is 94.5 Å². The summed E-state index contributed by atoms with van der Waals surface area (Å²) in [6.07, 6.45) is 1.73. The lowest BCUT2D eigenvalue weighted by atomic mass is 10.1. The molecule has 0 saturated carbocycles. The van der Waals surface area contributed by atoms with Gasteiger partial charge in [-0.1, -0.05) is 48.2 Å². The summed E-state index contributed by atoms with van der Waals surface area (Å²) in [6, 6.07) is 24.1. The highest BCUT2D eigenvalue weighted by Crippen LogP contribution is 2.29. The molecule has 0 amide bonds. The van der Waals surface area contributed by atoms with E-state index in [1.165, 1.54) is 11.1 Å². The standard InChI is InChI=1S/C25H25NO2S/c1-18-14-15-21(16-19(18)2)26-25(29-22-10-6-5-7-11-22)20(3)17-28-24-13-9-8-12-23(24)27-4/h5-17H,1-4H3/b20-17+,26-25+. The second-order valence-corrected chi connectivity index (χ2v) is 7.73. The van der Waals surface area contributed by atoms with Crippen molar-refractivity contribution in [3.8, 4) is 11.5 Å². The second kappa shape index (κ2) is 9.99. The molecule has 0 N–H and O–H groups in total. The monoisotopic (exact) mass is 403 g/mol. The lowest BCUT2D eigenvalue weighted by molar-refractivity contribution is 0.377. The molecule has 0 atom stereocenters. The van der Waals surface area contributed by atoms with Gasteiger partial charge in [0.2, 0.25) is 0 Å². The van der Waals surface area contributed by atoms with Crippen LogP contribution >= 0.6 is 11.8 Å². The third-order valence-corrected chi connectivity index (χ3v) is 5.56. The van der Waals surface area contributed by atoms with Crippen LogP contribution in [0.4, 0.5) is 5.69 Å². The maximum absolute atomic E-state index is 5.91. The Bertz CT molecular complexity index is 1030. The Morgan fingerprint density at radius 1 is 0.862 bits per heavy atom. The van der Waals surface area contributed by atoms with Gasteiger partial charge >= 0.3 is 0 Å². The first-order chi connectivity index (χ1) is 14.1. The first kappa shape index (κ1) is 20.7. The molecule has 0 aliphatic heterocycles. The van der Waals surface area contributed by atoms with Gasteiger partial charge in [-0.2, -0.15) is 0 Å². The summed E-state index contributed by atoms with van der Waals surface area (Å²) in [6.45, 7) is 6.21. The zero-order valence-electron chi connectivity index (χ0n) is 17.2. The number of aliphatic imine (C=N–C) groups is 1. The van der Waals surface area contributed by atoms with Crippen LogP contribution in [0.1, 0.15) is 18.1 Å². The van der Waals surface area contributed by atoms with E-state index in [-0.39, 0.29) is 0 Å². The molecule has 0 fully saturated rings. The van der Waals surface area contributed by atoms with E-state index in [0.717, 1.165) is 21.2 Å². The smallest absolute Gasteiger partial charge is 0.168 e. The highest BCUT2D eigenvalue weighted by Gasteiger charge is 2.09. The first-order valence-electron chi connectivity index (χ1n) is 9.42.